The summed E-state index contributed by atoms with van der Waals surface area (Å²) in [5, 5.41) is 0. The third-order valence-corrected chi connectivity index (χ3v) is 9.98. The van der Waals surface area contributed by atoms with Gasteiger partial charge in [-0.25, -0.2) is 0 Å². The summed E-state index contributed by atoms with van der Waals surface area (Å²) in [5.74, 6) is 3.48. The van der Waals surface area contributed by atoms with E-state index in [0.717, 1.165) is 74.2 Å². The van der Waals surface area contributed by atoms with Crippen LogP contribution in [-0.2, 0) is 0 Å². The first-order valence-corrected chi connectivity index (χ1v) is 16.3. The van der Waals surface area contributed by atoms with Gasteiger partial charge in [-0.05, 0) is 101 Å². The Morgan fingerprint density at radius 2 is 0.708 bits per heavy atom. The van der Waals surface area contributed by atoms with Crippen LogP contribution in [0.25, 0.3) is 0 Å². The van der Waals surface area contributed by atoms with Gasteiger partial charge < -0.3 is 24.2 Å². The highest BCUT2D eigenvalue weighted by atomic mass is 16.5. The molecule has 0 fully saturated rings. The van der Waals surface area contributed by atoms with Crippen LogP contribution in [0.5, 0.6) is 23.0 Å². The van der Waals surface area contributed by atoms with Gasteiger partial charge in [0, 0.05) is 34.1 Å². The molecular weight excluding hydrogens is 589 g/mol. The molecule has 0 atom stereocenters. The Balaban J connectivity index is 1.28. The van der Waals surface area contributed by atoms with Crippen molar-refractivity contribution in [1.82, 2.24) is 0 Å². The fourth-order valence-electron chi connectivity index (χ4n) is 8.12. The first-order valence-electron chi connectivity index (χ1n) is 16.3. The van der Waals surface area contributed by atoms with Crippen LogP contribution in [0.15, 0.2) is 158 Å². The predicted octanol–water partition coefficient (Wildman–Crippen LogP) is 9.45. The lowest BCUT2D eigenvalue weighted by Crippen LogP contribution is -2.63. The zero-order chi connectivity index (χ0) is 31.3. The average Bonchev–Trinajstić information content (AvgIpc) is 3.14. The largest absolute Gasteiger partial charge is 0.458 e. The van der Waals surface area contributed by atoms with Crippen LogP contribution >= 0.6 is 0 Å². The van der Waals surface area contributed by atoms with Gasteiger partial charge in [-0.2, -0.15) is 0 Å². The molecule has 11 rings (SSSR count). The van der Waals surface area contributed by atoms with Gasteiger partial charge in [-0.3, -0.25) is 0 Å². The Hall–Kier alpha value is -6.40. The van der Waals surface area contributed by atoms with Crippen LogP contribution in [0.4, 0.5) is 51.2 Å². The summed E-state index contributed by atoms with van der Waals surface area (Å²) < 4.78 is 13.2. The van der Waals surface area contributed by atoms with E-state index in [1.165, 1.54) is 16.4 Å². The van der Waals surface area contributed by atoms with E-state index in [2.05, 4.69) is 148 Å². The van der Waals surface area contributed by atoms with E-state index in [9.17, 15) is 0 Å². The molecule has 0 saturated heterocycles. The lowest BCUT2D eigenvalue weighted by Gasteiger charge is -2.47. The van der Waals surface area contributed by atoms with Gasteiger partial charge in [-0.15, -0.1) is 0 Å². The van der Waals surface area contributed by atoms with Crippen molar-refractivity contribution in [1.29, 1.82) is 0 Å². The van der Waals surface area contributed by atoms with Crippen LogP contribution in [-0.4, -0.2) is 6.71 Å². The van der Waals surface area contributed by atoms with Crippen LogP contribution in [0.2, 0.25) is 0 Å². The number of rotatable bonds is 3. The number of hydrogen-bond acceptors (Lipinski definition) is 5. The Bertz CT molecular complexity index is 2290. The van der Waals surface area contributed by atoms with E-state index in [0.29, 0.717) is 0 Å². The summed E-state index contributed by atoms with van der Waals surface area (Å²) in [6.45, 7) is 0.0133. The Morgan fingerprint density at radius 3 is 1.23 bits per heavy atom. The fraction of sp³-hybridized carbons (Fsp3) is 0. The smallest absolute Gasteiger partial charge is 0.261 e. The van der Waals surface area contributed by atoms with Crippen molar-refractivity contribution in [2.45, 2.75) is 0 Å². The average molecular weight is 616 g/mol. The van der Waals surface area contributed by atoms with E-state index in [1.54, 1.807) is 0 Å². The molecule has 6 heteroatoms. The second-order valence-corrected chi connectivity index (χ2v) is 12.5. The summed E-state index contributed by atoms with van der Waals surface area (Å²) in [6, 6.07) is 55.6. The SMILES string of the molecule is c1ccc(N2c3cccc4c3B3c5c(cccc5N(c5ccccc5)c5cc(N6c7ccccc7Oc7ccccc76)cc2c53)O4)cc1. The minimum atomic E-state index is 0.0133. The lowest BCUT2D eigenvalue weighted by molar-refractivity contribution is 0.477. The summed E-state index contributed by atoms with van der Waals surface area (Å²) in [5.41, 5.74) is 13.5. The molecule has 224 valence electrons. The van der Waals surface area contributed by atoms with Gasteiger partial charge in [0.25, 0.3) is 6.71 Å². The second-order valence-electron chi connectivity index (χ2n) is 12.5. The third-order valence-electron chi connectivity index (χ3n) is 9.98. The molecular formula is C42H26BN3O2. The molecule has 4 aliphatic heterocycles. The molecule has 0 saturated carbocycles. The van der Waals surface area contributed by atoms with E-state index in [4.69, 9.17) is 9.47 Å². The van der Waals surface area contributed by atoms with Crippen LogP contribution in [0, 0.1) is 0 Å². The number of fused-ring (bicyclic) bond motifs is 2. The predicted molar refractivity (Wildman–Crippen MR) is 195 cm³/mol. The van der Waals surface area contributed by atoms with Gasteiger partial charge in [-0.1, -0.05) is 72.8 Å². The summed E-state index contributed by atoms with van der Waals surface area (Å²) in [6.07, 6.45) is 0. The van der Waals surface area contributed by atoms with Crippen molar-refractivity contribution in [3.05, 3.63) is 158 Å². The highest BCUT2D eigenvalue weighted by Gasteiger charge is 2.48. The quantitative estimate of drug-likeness (QED) is 0.185. The molecule has 7 aromatic carbocycles. The van der Waals surface area contributed by atoms with Gasteiger partial charge in [0.05, 0.1) is 17.1 Å². The first-order chi connectivity index (χ1) is 23.8. The maximum absolute atomic E-state index is 6.74. The first kappa shape index (κ1) is 25.8. The number of hydrogen-bond donors (Lipinski definition) is 0. The Labute approximate surface area is 278 Å². The van der Waals surface area contributed by atoms with Crippen molar-refractivity contribution in [2.75, 3.05) is 14.7 Å². The molecule has 4 heterocycles. The van der Waals surface area contributed by atoms with E-state index < -0.39 is 0 Å². The zero-order valence-corrected chi connectivity index (χ0v) is 25.7. The molecule has 0 spiro atoms. The molecule has 0 unspecified atom stereocenters. The fourth-order valence-corrected chi connectivity index (χ4v) is 8.12. The molecule has 7 aromatic rings. The minimum Gasteiger partial charge on any atom is -0.458 e. The number of para-hydroxylation sites is 6. The van der Waals surface area contributed by atoms with E-state index in [1.807, 2.05) is 24.3 Å². The standard InChI is InChI=1S/C42H26BN3O2/c1-3-13-27(14-4-1)44-32-19-11-23-38-41(32)43-40-34(44)25-29(46-30-17-7-9-21-36(30)47-37-22-10-8-18-31(37)46)26-35(40)45(28-15-5-2-6-16-28)33-20-12-24-39(48-38)42(33)43/h1-26H. The second kappa shape index (κ2) is 9.56. The van der Waals surface area contributed by atoms with Gasteiger partial charge in [0.15, 0.2) is 11.5 Å². The van der Waals surface area contributed by atoms with Crippen LogP contribution in [0.1, 0.15) is 0 Å². The molecule has 0 aromatic heterocycles. The molecule has 0 radical (unpaired) electrons. The highest BCUT2D eigenvalue weighted by Crippen LogP contribution is 2.54. The summed E-state index contributed by atoms with van der Waals surface area (Å²) in [7, 11) is 0. The lowest BCUT2D eigenvalue weighted by atomic mass is 9.32. The monoisotopic (exact) mass is 615 g/mol. The van der Waals surface area contributed by atoms with Crippen LogP contribution in [0.3, 0.4) is 0 Å². The molecule has 0 N–H and O–H groups in total. The zero-order valence-electron chi connectivity index (χ0n) is 25.7. The van der Waals surface area contributed by atoms with E-state index >= 15 is 0 Å². The minimum absolute atomic E-state index is 0.0133. The van der Waals surface area contributed by atoms with Crippen molar-refractivity contribution in [3.63, 3.8) is 0 Å². The number of benzene rings is 7. The molecule has 0 bridgehead atoms. The topological polar surface area (TPSA) is 28.2 Å². The van der Waals surface area contributed by atoms with E-state index in [-0.39, 0.29) is 6.71 Å². The van der Waals surface area contributed by atoms with Gasteiger partial charge >= 0.3 is 0 Å². The van der Waals surface area contributed by atoms with Gasteiger partial charge in [0.1, 0.15) is 11.5 Å². The normalized spacial score (nSPS) is 14.0. The molecule has 48 heavy (non-hydrogen) atoms. The molecule has 5 nitrogen and oxygen atoms in total. The summed E-state index contributed by atoms with van der Waals surface area (Å²) in [4.78, 5) is 7.18. The Kier molecular flexibility index (Phi) is 5.13. The van der Waals surface area contributed by atoms with Crippen molar-refractivity contribution in [2.24, 2.45) is 0 Å². The molecule has 0 amide bonds. The molecule has 0 aliphatic carbocycles. The van der Waals surface area contributed by atoms with Crippen molar-refractivity contribution < 1.29 is 9.47 Å². The number of nitrogens with zero attached hydrogens (tertiary/aromatic N) is 3. The number of anilines is 9. The Morgan fingerprint density at radius 1 is 0.312 bits per heavy atom. The van der Waals surface area contributed by atoms with Crippen molar-refractivity contribution >= 4 is 74.3 Å². The maximum atomic E-state index is 6.74. The maximum Gasteiger partial charge on any atom is 0.261 e. The van der Waals surface area contributed by atoms with Crippen LogP contribution < -0.4 is 40.6 Å². The summed E-state index contributed by atoms with van der Waals surface area (Å²) >= 11 is 0. The number of ether oxygens (including phenoxy) is 2. The third kappa shape index (κ3) is 3.41. The highest BCUT2D eigenvalue weighted by molar-refractivity contribution is 7.01. The van der Waals surface area contributed by atoms with Gasteiger partial charge in [0.2, 0.25) is 0 Å². The molecule has 4 aliphatic rings. The van der Waals surface area contributed by atoms with Crippen molar-refractivity contribution in [3.8, 4) is 23.0 Å².